The number of hydrogen-bond donors (Lipinski definition) is 2. The zero-order valence-corrected chi connectivity index (χ0v) is 14.6. The number of anilines is 2. The Bertz CT molecular complexity index is 799. The van der Waals surface area contributed by atoms with E-state index in [1.54, 1.807) is 26.2 Å². The van der Waals surface area contributed by atoms with Crippen LogP contribution in [0, 0.1) is 6.92 Å². The van der Waals surface area contributed by atoms with E-state index in [0.29, 0.717) is 27.6 Å². The number of hydrogen-bond acceptors (Lipinski definition) is 9. The third-order valence-electron chi connectivity index (χ3n) is 2.92. The Hall–Kier alpha value is -2.33. The molecule has 24 heavy (non-hydrogen) atoms. The molecule has 1 atom stereocenters. The fraction of sp³-hybridized carbons (Fsp3) is 0.286. The summed E-state index contributed by atoms with van der Waals surface area (Å²) in [6.07, 6.45) is 1.62. The Kier molecular flexibility index (Phi) is 5.16. The summed E-state index contributed by atoms with van der Waals surface area (Å²) in [5.41, 5.74) is 0.710. The smallest absolute Gasteiger partial charge is 0.240 e. The Labute approximate surface area is 146 Å². The SMILES string of the molecule is Cc1cc(NC(=O)C(C)Sc2nnc(NCc3ccco3)s2)on1. The van der Waals surface area contributed by atoms with Gasteiger partial charge in [0.2, 0.25) is 16.9 Å². The van der Waals surface area contributed by atoms with Gasteiger partial charge in [0.1, 0.15) is 5.76 Å². The maximum atomic E-state index is 12.1. The van der Waals surface area contributed by atoms with Gasteiger partial charge in [-0.25, -0.2) is 0 Å². The number of furan rings is 1. The first-order valence-electron chi connectivity index (χ1n) is 7.11. The van der Waals surface area contributed by atoms with Crippen molar-refractivity contribution in [1.29, 1.82) is 0 Å². The first-order valence-corrected chi connectivity index (χ1v) is 8.80. The molecule has 8 nitrogen and oxygen atoms in total. The van der Waals surface area contributed by atoms with Gasteiger partial charge in [0, 0.05) is 6.07 Å². The van der Waals surface area contributed by atoms with Crippen LogP contribution in [0.3, 0.4) is 0 Å². The lowest BCUT2D eigenvalue weighted by Gasteiger charge is -2.07. The van der Waals surface area contributed by atoms with Gasteiger partial charge in [-0.05, 0) is 26.0 Å². The summed E-state index contributed by atoms with van der Waals surface area (Å²) in [6, 6.07) is 5.37. The number of rotatable bonds is 7. The van der Waals surface area contributed by atoms with Crippen LogP contribution in [0.2, 0.25) is 0 Å². The predicted molar refractivity (Wildman–Crippen MR) is 91.1 cm³/mol. The summed E-state index contributed by atoms with van der Waals surface area (Å²) in [5, 5.41) is 18.0. The van der Waals surface area contributed by atoms with Crippen molar-refractivity contribution in [3.63, 3.8) is 0 Å². The molecule has 0 aliphatic heterocycles. The highest BCUT2D eigenvalue weighted by atomic mass is 32.2. The minimum absolute atomic E-state index is 0.184. The second-order valence-corrected chi connectivity index (χ2v) is 7.45. The number of nitrogens with one attached hydrogen (secondary N) is 2. The van der Waals surface area contributed by atoms with E-state index in [9.17, 15) is 4.79 Å². The van der Waals surface area contributed by atoms with Crippen molar-refractivity contribution >= 4 is 40.0 Å². The van der Waals surface area contributed by atoms with Gasteiger partial charge in [-0.3, -0.25) is 10.1 Å². The average molecular weight is 365 g/mol. The van der Waals surface area contributed by atoms with Crippen LogP contribution in [0.25, 0.3) is 0 Å². The first-order chi connectivity index (χ1) is 11.6. The number of amides is 1. The van der Waals surface area contributed by atoms with Crippen LogP contribution in [0.5, 0.6) is 0 Å². The van der Waals surface area contributed by atoms with Crippen molar-refractivity contribution in [3.05, 3.63) is 35.9 Å². The fourth-order valence-corrected chi connectivity index (χ4v) is 3.65. The zero-order valence-electron chi connectivity index (χ0n) is 13.0. The minimum atomic E-state index is -0.346. The van der Waals surface area contributed by atoms with E-state index in [1.165, 1.54) is 23.1 Å². The Morgan fingerprint density at radius 1 is 1.46 bits per heavy atom. The Balaban J connectivity index is 1.50. The van der Waals surface area contributed by atoms with Crippen LogP contribution in [0.1, 0.15) is 18.4 Å². The lowest BCUT2D eigenvalue weighted by molar-refractivity contribution is -0.115. The molecule has 3 rings (SSSR count). The van der Waals surface area contributed by atoms with Crippen molar-refractivity contribution in [2.24, 2.45) is 0 Å². The van der Waals surface area contributed by atoms with E-state index in [1.807, 2.05) is 12.1 Å². The standard InChI is InChI=1S/C14H15N5O3S2/c1-8-6-11(22-19-8)16-12(20)9(2)23-14-18-17-13(24-14)15-7-10-4-3-5-21-10/h3-6,9H,7H2,1-2H3,(H,15,17)(H,16,20). The molecule has 1 unspecified atom stereocenters. The molecule has 3 aromatic heterocycles. The van der Waals surface area contributed by atoms with Crippen molar-refractivity contribution in [1.82, 2.24) is 15.4 Å². The molecule has 2 N–H and O–H groups in total. The lowest BCUT2D eigenvalue weighted by atomic mass is 10.4. The van der Waals surface area contributed by atoms with Crippen LogP contribution in [-0.2, 0) is 11.3 Å². The van der Waals surface area contributed by atoms with E-state index in [0.717, 1.165) is 5.76 Å². The molecule has 1 amide bonds. The molecule has 126 valence electrons. The number of carbonyl (C=O) groups excluding carboxylic acids is 1. The fourth-order valence-electron chi connectivity index (χ4n) is 1.76. The number of aryl methyl sites for hydroxylation is 1. The summed E-state index contributed by atoms with van der Waals surface area (Å²) in [5.74, 6) is 0.967. The highest BCUT2D eigenvalue weighted by Gasteiger charge is 2.18. The maximum absolute atomic E-state index is 12.1. The van der Waals surface area contributed by atoms with Crippen LogP contribution in [-0.4, -0.2) is 26.5 Å². The largest absolute Gasteiger partial charge is 0.467 e. The van der Waals surface area contributed by atoms with Crippen LogP contribution in [0.15, 0.2) is 37.7 Å². The predicted octanol–water partition coefficient (Wildman–Crippen LogP) is 3.16. The molecule has 0 aliphatic carbocycles. The zero-order chi connectivity index (χ0) is 16.9. The molecule has 0 fully saturated rings. The number of thioether (sulfide) groups is 1. The van der Waals surface area contributed by atoms with Gasteiger partial charge >= 0.3 is 0 Å². The molecule has 0 saturated heterocycles. The first kappa shape index (κ1) is 16.5. The highest BCUT2D eigenvalue weighted by molar-refractivity contribution is 8.02. The third kappa shape index (κ3) is 4.36. The Morgan fingerprint density at radius 2 is 2.33 bits per heavy atom. The lowest BCUT2D eigenvalue weighted by Crippen LogP contribution is -2.22. The van der Waals surface area contributed by atoms with Crippen molar-refractivity contribution in [3.8, 4) is 0 Å². The van der Waals surface area contributed by atoms with E-state index in [2.05, 4.69) is 26.0 Å². The molecule has 0 radical (unpaired) electrons. The summed E-state index contributed by atoms with van der Waals surface area (Å²) in [6.45, 7) is 4.11. The molecule has 0 spiro atoms. The quantitative estimate of drug-likeness (QED) is 0.615. The molecule has 10 heteroatoms. The van der Waals surface area contributed by atoms with E-state index in [-0.39, 0.29) is 11.2 Å². The van der Waals surface area contributed by atoms with Gasteiger partial charge in [-0.15, -0.1) is 10.2 Å². The van der Waals surface area contributed by atoms with Gasteiger partial charge in [0.05, 0.1) is 23.8 Å². The van der Waals surface area contributed by atoms with Crippen molar-refractivity contribution in [2.75, 3.05) is 10.6 Å². The number of nitrogens with zero attached hydrogens (tertiary/aromatic N) is 3. The van der Waals surface area contributed by atoms with Crippen molar-refractivity contribution in [2.45, 2.75) is 30.0 Å². The Morgan fingerprint density at radius 3 is 3.04 bits per heavy atom. The van der Waals surface area contributed by atoms with Crippen molar-refractivity contribution < 1.29 is 13.7 Å². The summed E-state index contributed by atoms with van der Waals surface area (Å²) in [4.78, 5) is 12.1. The van der Waals surface area contributed by atoms with Gasteiger partial charge in [0.25, 0.3) is 0 Å². The molecule has 0 aliphatic rings. The molecule has 0 aromatic carbocycles. The molecular formula is C14H15N5O3S2. The molecule has 3 heterocycles. The molecule has 3 aromatic rings. The normalized spacial score (nSPS) is 12.1. The molecular weight excluding hydrogens is 350 g/mol. The third-order valence-corrected chi connectivity index (χ3v) is 4.99. The highest BCUT2D eigenvalue weighted by Crippen LogP contribution is 2.29. The second-order valence-electron chi connectivity index (χ2n) is 4.89. The van der Waals surface area contributed by atoms with Crippen LogP contribution >= 0.6 is 23.1 Å². The summed E-state index contributed by atoms with van der Waals surface area (Å²) in [7, 11) is 0. The van der Waals surface area contributed by atoms with E-state index >= 15 is 0 Å². The van der Waals surface area contributed by atoms with Crippen LogP contribution < -0.4 is 10.6 Å². The molecule has 0 bridgehead atoms. The van der Waals surface area contributed by atoms with E-state index < -0.39 is 0 Å². The molecule has 0 saturated carbocycles. The summed E-state index contributed by atoms with van der Waals surface area (Å²) >= 11 is 2.71. The number of carbonyl (C=O) groups is 1. The second kappa shape index (κ2) is 7.49. The van der Waals surface area contributed by atoms with Gasteiger partial charge in [-0.2, -0.15) is 0 Å². The van der Waals surface area contributed by atoms with Gasteiger partial charge in [-0.1, -0.05) is 28.3 Å². The van der Waals surface area contributed by atoms with E-state index in [4.69, 9.17) is 8.94 Å². The topological polar surface area (TPSA) is 106 Å². The number of aromatic nitrogens is 3. The monoisotopic (exact) mass is 365 g/mol. The minimum Gasteiger partial charge on any atom is -0.467 e. The average Bonchev–Trinajstić information content (AvgIpc) is 3.28. The van der Waals surface area contributed by atoms with Gasteiger partial charge in [0.15, 0.2) is 4.34 Å². The maximum Gasteiger partial charge on any atom is 0.240 e. The van der Waals surface area contributed by atoms with Crippen LogP contribution in [0.4, 0.5) is 11.0 Å². The summed E-state index contributed by atoms with van der Waals surface area (Å²) < 4.78 is 10.9. The van der Waals surface area contributed by atoms with Gasteiger partial charge < -0.3 is 14.3 Å².